The van der Waals surface area contributed by atoms with E-state index in [0.717, 1.165) is 24.3 Å². The fourth-order valence-electron chi connectivity index (χ4n) is 14.5. The van der Waals surface area contributed by atoms with Gasteiger partial charge in [-0.15, -0.1) is 0 Å². The Labute approximate surface area is 751 Å². The number of rotatable bonds is 8. The zero-order valence-corrected chi connectivity index (χ0v) is 88.3. The normalized spacial score (nSPS) is 13.3. The van der Waals surface area contributed by atoms with Gasteiger partial charge < -0.3 is 0 Å². The molecule has 120 heavy (non-hydrogen) atoms. The summed E-state index contributed by atoms with van der Waals surface area (Å²) in [7, 11) is 0. The SMILES string of the molecule is CC(C)(C)c1cc(C(C)(C)C)cc(C(C)(C)C)c1.CC(C)(C)c1ccc(C(C)(C)C)c(C(C)(C)C)c1.CC(C)(C)c1ccc(C(C)(C)C)cc1.CC(C)(C)c1ccccc1C(C)(C)C.CC(C)c1ccc(C(C)(C)C)cc1.CCC(CC)c1ccccc1C(C)(C)C.[2H]C(C)(C)c1ccc(C(C)(C)C)cc1.[2H]C(CC)(CC)c1ccccc1C(C)(C)C. The standard InChI is InChI=1S/2C18H30.2C15H24.2C14H22.2C13H20/c1-16(2,3)13-10-14(17(4,5)6)12-15(11-13)18(7,8)9;1-16(2,3)13-10-11-14(17(4,5)6)15(12-13)18(7,8)9;2*1-6-12(7-2)13-10-8-9-11-14(13)15(3,4)5;1-13(2,3)11-7-9-12(10-8-11)14(4,5)6;1-13(2,3)11-9-7-8-10-12(11)14(4,5)6;2*1-10(2)11-6-8-12(9-7-11)13(3,4)5/h2*10-12H,1-9H3;2*8-12H,6-7H2,1-5H3;2*7-10H,1-6H3;2*6-10H,1-5H3/i;;12D;;;;10D;. The number of hydrogen-bond donors (Lipinski definition) is 0. The lowest BCUT2D eigenvalue weighted by Gasteiger charge is -2.32. The van der Waals surface area contributed by atoms with Crippen molar-refractivity contribution in [3.8, 4) is 0 Å². The predicted octanol–water partition coefficient (Wildman–Crippen LogP) is 37.7. The summed E-state index contributed by atoms with van der Waals surface area (Å²) in [4.78, 5) is 0. The van der Waals surface area contributed by atoms with E-state index >= 15 is 0 Å². The molecule has 0 nitrogen and oxygen atoms in total. The van der Waals surface area contributed by atoms with Crippen molar-refractivity contribution in [1.82, 2.24) is 0 Å². The van der Waals surface area contributed by atoms with Crippen LogP contribution in [0.5, 0.6) is 0 Å². The zero-order valence-electron chi connectivity index (χ0n) is 90.3. The van der Waals surface area contributed by atoms with E-state index in [4.69, 9.17) is 2.74 Å². The molecule has 0 heterocycles. The highest BCUT2D eigenvalue weighted by atomic mass is 14.4. The first-order valence-electron chi connectivity index (χ1n) is 47.5. The third-order valence-electron chi connectivity index (χ3n) is 23.1. The molecule has 8 aromatic rings. The molecule has 8 rings (SSSR count). The summed E-state index contributed by atoms with van der Waals surface area (Å²) in [6.45, 7) is 112. The first kappa shape index (κ1) is 108. The molecule has 0 N–H and O–H groups in total. The van der Waals surface area contributed by atoms with Crippen LogP contribution in [0.2, 0.25) is 0 Å². The van der Waals surface area contributed by atoms with E-state index in [2.05, 4.69) is 514 Å². The molecule has 0 amide bonds. The second kappa shape index (κ2) is 44.6. The Morgan fingerprint density at radius 1 is 0.200 bits per heavy atom. The molecule has 0 spiro atoms. The van der Waals surface area contributed by atoms with Gasteiger partial charge in [0.15, 0.2) is 0 Å². The predicted molar refractivity (Wildman–Crippen MR) is 548 cm³/mol. The highest BCUT2D eigenvalue weighted by Crippen LogP contribution is 2.41. The monoisotopic (exact) mass is 1640 g/mol. The maximum Gasteiger partial charge on any atom is 0.0352 e. The molecule has 8 aromatic carbocycles. The van der Waals surface area contributed by atoms with E-state index in [1.807, 2.05) is 13.8 Å². The van der Waals surface area contributed by atoms with Gasteiger partial charge in [-0.1, -0.05) is 528 Å². The van der Waals surface area contributed by atoms with Crippen LogP contribution in [0.4, 0.5) is 0 Å². The molecule has 0 radical (unpaired) electrons. The summed E-state index contributed by atoms with van der Waals surface area (Å²) in [5.74, 6) is 0.440. The third kappa shape index (κ3) is 38.1. The van der Waals surface area contributed by atoms with Gasteiger partial charge >= 0.3 is 0 Å². The van der Waals surface area contributed by atoms with Gasteiger partial charge in [-0.2, -0.15) is 0 Å². The number of benzene rings is 8. The van der Waals surface area contributed by atoms with E-state index < -0.39 is 11.8 Å². The van der Waals surface area contributed by atoms with Gasteiger partial charge in [0.25, 0.3) is 0 Å². The minimum Gasteiger partial charge on any atom is -0.0648 e. The smallest absolute Gasteiger partial charge is 0.0352 e. The highest BCUT2D eigenvalue weighted by molar-refractivity contribution is 5.45. The molecule has 0 aliphatic carbocycles. The molecule has 0 aliphatic rings. The van der Waals surface area contributed by atoms with Crippen LogP contribution < -0.4 is 0 Å². The van der Waals surface area contributed by atoms with E-state index in [-0.39, 0.29) is 75.8 Å². The molecule has 0 saturated heterocycles. The van der Waals surface area contributed by atoms with Gasteiger partial charge in [0.2, 0.25) is 0 Å². The Kier molecular flexibility index (Phi) is 40.1. The van der Waals surface area contributed by atoms with E-state index in [0.29, 0.717) is 5.92 Å². The van der Waals surface area contributed by atoms with Crippen LogP contribution in [0.15, 0.2) is 182 Å². The Hall–Kier alpha value is -6.24. The van der Waals surface area contributed by atoms with Gasteiger partial charge in [0, 0.05) is 2.74 Å². The summed E-state index contributed by atoms with van der Waals surface area (Å²) in [6.07, 6.45) is 4.22. The van der Waals surface area contributed by atoms with Crippen molar-refractivity contribution in [3.63, 3.8) is 0 Å². The molecule has 0 atom stereocenters. The van der Waals surface area contributed by atoms with Gasteiger partial charge in [0.05, 0.1) is 0 Å². The molecular formula is C120H192. The van der Waals surface area contributed by atoms with Crippen molar-refractivity contribution < 1.29 is 2.74 Å². The second-order valence-electron chi connectivity index (χ2n) is 49.5. The largest absolute Gasteiger partial charge is 0.0648 e. The van der Waals surface area contributed by atoms with Crippen molar-refractivity contribution in [1.29, 1.82) is 0 Å². The van der Waals surface area contributed by atoms with Crippen LogP contribution >= 0.6 is 0 Å². The average Bonchev–Trinajstić information content (AvgIpc) is 0.793. The Bertz CT molecular complexity index is 4100. The first-order chi connectivity index (χ1) is 54.6. The topological polar surface area (TPSA) is 0 Å². The zero-order chi connectivity index (χ0) is 95.6. The minimum absolute atomic E-state index is 0.118. The summed E-state index contributed by atoms with van der Waals surface area (Å²) < 4.78 is 16.5. The quantitative estimate of drug-likeness (QED) is 0.142. The Morgan fingerprint density at radius 3 is 0.650 bits per heavy atom. The molecular weight excluding hydrogens is 1440 g/mol. The molecule has 0 heteroatoms. The summed E-state index contributed by atoms with van der Waals surface area (Å²) in [6, 6.07) is 66.7. The summed E-state index contributed by atoms with van der Waals surface area (Å²) in [5.41, 5.74) is 28.4. The van der Waals surface area contributed by atoms with E-state index in [1.54, 1.807) is 5.56 Å². The van der Waals surface area contributed by atoms with E-state index in [1.165, 1.54) is 102 Å². The number of hydrogen-bond acceptors (Lipinski definition) is 0. The Morgan fingerprint density at radius 2 is 0.417 bits per heavy atom. The third-order valence-corrected chi connectivity index (χ3v) is 23.1. The van der Waals surface area contributed by atoms with Gasteiger partial charge in [-0.25, -0.2) is 0 Å². The first-order valence-corrected chi connectivity index (χ1v) is 46.5. The summed E-state index contributed by atoms with van der Waals surface area (Å²) in [5, 5.41) is 0. The van der Waals surface area contributed by atoms with Crippen molar-refractivity contribution in [2.75, 3.05) is 0 Å². The summed E-state index contributed by atoms with van der Waals surface area (Å²) >= 11 is 0. The molecule has 0 aliphatic heterocycles. The molecule has 0 saturated carbocycles. The van der Waals surface area contributed by atoms with Crippen LogP contribution in [0.25, 0.3) is 0 Å². The lowest BCUT2D eigenvalue weighted by molar-refractivity contribution is 0.523. The van der Waals surface area contributed by atoms with Crippen LogP contribution in [0.3, 0.4) is 0 Å². The Balaban J connectivity index is 0.000000699. The fraction of sp³-hybridized carbons (Fsp3) is 0.600. The van der Waals surface area contributed by atoms with Crippen LogP contribution in [-0.2, 0) is 75.8 Å². The minimum atomic E-state index is -0.490. The molecule has 0 fully saturated rings. The highest BCUT2D eigenvalue weighted by Gasteiger charge is 2.30. The maximum atomic E-state index is 8.58. The molecule has 672 valence electrons. The fourth-order valence-corrected chi connectivity index (χ4v) is 14.5. The van der Waals surface area contributed by atoms with Crippen LogP contribution in [0.1, 0.15) is 498 Å². The van der Waals surface area contributed by atoms with Crippen molar-refractivity contribution >= 4 is 0 Å². The molecule has 0 unspecified atom stereocenters. The van der Waals surface area contributed by atoms with Gasteiger partial charge in [-0.05, 0) is 225 Å². The molecule has 0 aromatic heterocycles. The van der Waals surface area contributed by atoms with Crippen molar-refractivity contribution in [2.45, 2.75) is 471 Å². The maximum absolute atomic E-state index is 8.58. The van der Waals surface area contributed by atoms with Gasteiger partial charge in [-0.3, -0.25) is 0 Å². The van der Waals surface area contributed by atoms with Crippen molar-refractivity contribution in [3.05, 3.63) is 282 Å². The van der Waals surface area contributed by atoms with Gasteiger partial charge in [0.1, 0.15) is 0 Å². The lowest BCUT2D eigenvalue weighted by Crippen LogP contribution is -2.23. The lowest BCUT2D eigenvalue weighted by atomic mass is 9.73. The van der Waals surface area contributed by atoms with Crippen LogP contribution in [-0.4, -0.2) is 0 Å². The molecule has 0 bridgehead atoms. The average molecular weight is 1640 g/mol. The van der Waals surface area contributed by atoms with E-state index in [9.17, 15) is 0 Å². The second-order valence-corrected chi connectivity index (χ2v) is 49.5. The van der Waals surface area contributed by atoms with Crippen molar-refractivity contribution in [2.24, 2.45) is 0 Å². The van der Waals surface area contributed by atoms with Crippen LogP contribution in [0, 0.1) is 0 Å².